The van der Waals surface area contributed by atoms with Crippen LogP contribution in [0, 0.1) is 23.0 Å². The zero-order valence-corrected chi connectivity index (χ0v) is 14.8. The van der Waals surface area contributed by atoms with E-state index in [4.69, 9.17) is 0 Å². The first-order chi connectivity index (χ1) is 12.0. The van der Waals surface area contributed by atoms with E-state index in [0.29, 0.717) is 9.92 Å². The van der Waals surface area contributed by atoms with Crippen molar-refractivity contribution < 1.29 is 13.6 Å². The lowest BCUT2D eigenvalue weighted by Crippen LogP contribution is -2.16. The highest BCUT2D eigenvalue weighted by molar-refractivity contribution is 8.03. The number of fused-ring (bicyclic) bond motifs is 1. The third-order valence-electron chi connectivity index (χ3n) is 3.60. The Morgan fingerprint density at radius 1 is 1.24 bits per heavy atom. The largest absolute Gasteiger partial charge is 0.337 e. The van der Waals surface area contributed by atoms with E-state index in [1.807, 2.05) is 35.2 Å². The second-order valence-electron chi connectivity index (χ2n) is 5.21. The van der Waals surface area contributed by atoms with E-state index in [0.717, 1.165) is 34.5 Å². The number of benzene rings is 2. The Kier molecular flexibility index (Phi) is 5.11. The number of nitrogens with zero attached hydrogens (tertiary/aromatic N) is 2. The summed E-state index contributed by atoms with van der Waals surface area (Å²) < 4.78 is 26.2. The van der Waals surface area contributed by atoms with Crippen molar-refractivity contribution in [3.05, 3.63) is 64.7 Å². The maximum Gasteiger partial charge on any atom is 0.186 e. The van der Waals surface area contributed by atoms with Gasteiger partial charge in [-0.1, -0.05) is 23.9 Å². The molecular weight excluding hydrogens is 362 g/mol. The summed E-state index contributed by atoms with van der Waals surface area (Å²) in [5.41, 5.74) is 1.01. The summed E-state index contributed by atoms with van der Waals surface area (Å²) in [5.74, 6) is -2.27. The van der Waals surface area contributed by atoms with E-state index >= 15 is 0 Å². The van der Waals surface area contributed by atoms with Crippen molar-refractivity contribution in [3.63, 3.8) is 0 Å². The van der Waals surface area contributed by atoms with Crippen LogP contribution in [0.4, 0.5) is 14.5 Å². The summed E-state index contributed by atoms with van der Waals surface area (Å²) in [5, 5.41) is 10.0. The molecule has 0 fully saturated rings. The molecular formula is C18H12F2N2OS2. The molecule has 0 saturated carbocycles. The monoisotopic (exact) mass is 374 g/mol. The maximum atomic E-state index is 13.2. The highest BCUT2D eigenvalue weighted by atomic mass is 32.2. The van der Waals surface area contributed by atoms with Crippen LogP contribution in [0.25, 0.3) is 0 Å². The molecule has 1 aliphatic rings. The lowest BCUT2D eigenvalue weighted by Gasteiger charge is -2.14. The Hall–Kier alpha value is -2.30. The molecule has 2 aromatic carbocycles. The Bertz CT molecular complexity index is 922. The highest BCUT2D eigenvalue weighted by Crippen LogP contribution is 2.46. The van der Waals surface area contributed by atoms with E-state index in [-0.39, 0.29) is 17.1 Å². The van der Waals surface area contributed by atoms with Gasteiger partial charge >= 0.3 is 0 Å². The van der Waals surface area contributed by atoms with Crippen molar-refractivity contribution in [2.24, 2.45) is 0 Å². The Balaban J connectivity index is 1.78. The van der Waals surface area contributed by atoms with Crippen LogP contribution in [0.2, 0.25) is 0 Å². The molecule has 0 atom stereocenters. The van der Waals surface area contributed by atoms with Crippen LogP contribution in [0.1, 0.15) is 0 Å². The minimum atomic E-state index is -0.960. The molecule has 0 spiro atoms. The molecule has 0 N–H and O–H groups in total. The summed E-state index contributed by atoms with van der Waals surface area (Å²) in [6, 6.07) is 13.1. The number of hydrogen-bond acceptors (Lipinski definition) is 5. The molecule has 0 bridgehead atoms. The SMILES string of the molecule is CN1/C(=C(\C#N)C(=O)CSc2ccc(F)c(F)c2)Sc2ccccc21. The number of para-hydroxylation sites is 1. The molecule has 2 aromatic rings. The summed E-state index contributed by atoms with van der Waals surface area (Å²) in [4.78, 5) is 15.7. The number of thioether (sulfide) groups is 2. The van der Waals surface area contributed by atoms with Crippen LogP contribution in [0.5, 0.6) is 0 Å². The average molecular weight is 374 g/mol. The molecule has 0 saturated heterocycles. The number of carbonyl (C=O) groups excluding carboxylic acids is 1. The molecule has 1 heterocycles. The lowest BCUT2D eigenvalue weighted by atomic mass is 10.2. The fraction of sp³-hybridized carbons (Fsp3) is 0.111. The third-order valence-corrected chi connectivity index (χ3v) is 5.83. The molecule has 3 rings (SSSR count). The van der Waals surface area contributed by atoms with Crippen molar-refractivity contribution in [2.75, 3.05) is 17.7 Å². The number of nitriles is 1. The average Bonchev–Trinajstić information content (AvgIpc) is 2.94. The van der Waals surface area contributed by atoms with Crippen molar-refractivity contribution in [1.82, 2.24) is 0 Å². The topological polar surface area (TPSA) is 44.1 Å². The van der Waals surface area contributed by atoms with Crippen molar-refractivity contribution in [1.29, 1.82) is 5.26 Å². The molecule has 3 nitrogen and oxygen atoms in total. The van der Waals surface area contributed by atoms with Crippen molar-refractivity contribution in [2.45, 2.75) is 9.79 Å². The zero-order valence-electron chi connectivity index (χ0n) is 13.1. The van der Waals surface area contributed by atoms with Gasteiger partial charge in [0, 0.05) is 16.8 Å². The molecule has 0 aliphatic carbocycles. The summed E-state index contributed by atoms with van der Waals surface area (Å²) in [6.45, 7) is 0. The van der Waals surface area contributed by atoms with Crippen LogP contribution >= 0.6 is 23.5 Å². The fourth-order valence-electron chi connectivity index (χ4n) is 2.34. The number of carbonyl (C=O) groups is 1. The van der Waals surface area contributed by atoms with E-state index < -0.39 is 11.6 Å². The van der Waals surface area contributed by atoms with Gasteiger partial charge in [-0.2, -0.15) is 5.26 Å². The quantitative estimate of drug-likeness (QED) is 0.444. The van der Waals surface area contributed by atoms with Gasteiger partial charge in [-0.3, -0.25) is 4.79 Å². The molecule has 0 amide bonds. The van der Waals surface area contributed by atoms with Gasteiger partial charge < -0.3 is 4.90 Å². The normalized spacial score (nSPS) is 14.9. The van der Waals surface area contributed by atoms with Crippen LogP contribution < -0.4 is 4.90 Å². The first-order valence-corrected chi connectivity index (χ1v) is 9.07. The minimum absolute atomic E-state index is 0.0256. The lowest BCUT2D eigenvalue weighted by molar-refractivity contribution is -0.112. The molecule has 1 aliphatic heterocycles. The zero-order chi connectivity index (χ0) is 18.0. The van der Waals surface area contributed by atoms with Crippen LogP contribution in [0.3, 0.4) is 0 Å². The minimum Gasteiger partial charge on any atom is -0.337 e. The van der Waals surface area contributed by atoms with E-state index in [9.17, 15) is 18.8 Å². The second-order valence-corrected chi connectivity index (χ2v) is 7.29. The fourth-order valence-corrected chi connectivity index (χ4v) is 4.29. The van der Waals surface area contributed by atoms with Crippen molar-refractivity contribution >= 4 is 35.0 Å². The smallest absolute Gasteiger partial charge is 0.186 e. The third kappa shape index (κ3) is 3.55. The Morgan fingerprint density at radius 2 is 2.00 bits per heavy atom. The molecule has 126 valence electrons. The standard InChI is InChI=1S/C18H12F2N2OS2/c1-22-15-4-2-3-5-17(15)25-18(22)12(9-21)16(23)10-24-11-6-7-13(19)14(20)8-11/h2-8H,10H2,1H3/b18-12-. The van der Waals surface area contributed by atoms with Crippen LogP contribution in [-0.2, 0) is 4.79 Å². The number of Topliss-reactive ketones (excluding diaryl/α,β-unsaturated/α-hetero) is 1. The number of anilines is 1. The first-order valence-electron chi connectivity index (χ1n) is 7.27. The molecule has 25 heavy (non-hydrogen) atoms. The summed E-state index contributed by atoms with van der Waals surface area (Å²) in [6.07, 6.45) is 0. The van der Waals surface area contributed by atoms with Gasteiger partial charge in [-0.15, -0.1) is 11.8 Å². The molecule has 0 unspecified atom stereocenters. The van der Waals surface area contributed by atoms with E-state index in [2.05, 4.69) is 0 Å². The second kappa shape index (κ2) is 7.30. The van der Waals surface area contributed by atoms with Gasteiger partial charge in [0.05, 0.1) is 11.4 Å². The summed E-state index contributed by atoms with van der Waals surface area (Å²) in [7, 11) is 1.81. The van der Waals surface area contributed by atoms with Gasteiger partial charge in [-0.05, 0) is 30.3 Å². The number of allylic oxidation sites excluding steroid dienone is 1. The first kappa shape index (κ1) is 17.5. The molecule has 7 heteroatoms. The van der Waals surface area contributed by atoms with Gasteiger partial charge in [0.25, 0.3) is 0 Å². The summed E-state index contributed by atoms with van der Waals surface area (Å²) >= 11 is 2.44. The number of halogens is 2. The van der Waals surface area contributed by atoms with E-state index in [1.54, 1.807) is 7.05 Å². The number of rotatable bonds is 4. The highest BCUT2D eigenvalue weighted by Gasteiger charge is 2.27. The number of hydrogen-bond donors (Lipinski definition) is 0. The van der Waals surface area contributed by atoms with Gasteiger partial charge in [0.1, 0.15) is 16.7 Å². The van der Waals surface area contributed by atoms with Gasteiger partial charge in [-0.25, -0.2) is 8.78 Å². The Morgan fingerprint density at radius 3 is 2.68 bits per heavy atom. The van der Waals surface area contributed by atoms with Gasteiger partial charge in [0.15, 0.2) is 17.4 Å². The molecule has 0 radical (unpaired) electrons. The predicted octanol–water partition coefficient (Wildman–Crippen LogP) is 4.60. The number of ketones is 1. The predicted molar refractivity (Wildman–Crippen MR) is 95.4 cm³/mol. The maximum absolute atomic E-state index is 13.2. The Labute approximate surface area is 152 Å². The van der Waals surface area contributed by atoms with Gasteiger partial charge in [0.2, 0.25) is 0 Å². The van der Waals surface area contributed by atoms with E-state index in [1.165, 1.54) is 17.8 Å². The molecule has 0 aromatic heterocycles. The van der Waals surface area contributed by atoms with Crippen LogP contribution in [0.15, 0.2) is 62.9 Å². The van der Waals surface area contributed by atoms with Crippen LogP contribution in [-0.4, -0.2) is 18.6 Å². The van der Waals surface area contributed by atoms with Crippen molar-refractivity contribution in [3.8, 4) is 6.07 Å².